The Labute approximate surface area is 716 Å². The molecule has 0 radical (unpaired) electrons. The molecule has 0 aliphatic rings. The van der Waals surface area contributed by atoms with E-state index in [1.54, 1.807) is 58.8 Å². The maximum atomic E-state index is 13.4. The van der Waals surface area contributed by atoms with Crippen LogP contribution in [0.15, 0.2) is 0 Å². The molecule has 0 aliphatic carbocycles. The average molecular weight is 1730 g/mol. The summed E-state index contributed by atoms with van der Waals surface area (Å²) in [4.78, 5) is 136. The average Bonchev–Trinajstić information content (AvgIpc) is 0.929. The first kappa shape index (κ1) is 111. The molecule has 5 atom stereocenters. The fraction of sp³-hybridized carbons (Fsp3) is 0.884. The lowest BCUT2D eigenvalue weighted by atomic mass is 10.1. The molecule has 0 saturated heterocycles. The molecular formula is C86H158N4O20S5. The number of unbranched alkanes of at least 4 members (excludes halogenated alkanes) is 25. The maximum absolute atomic E-state index is 13.4. The summed E-state index contributed by atoms with van der Waals surface area (Å²) in [5.74, 6) is -0.126. The van der Waals surface area contributed by atoms with Gasteiger partial charge in [-0.15, -0.1) is 58.8 Å². The van der Waals surface area contributed by atoms with Gasteiger partial charge in [0.15, 0.2) is 0 Å². The predicted octanol–water partition coefficient (Wildman–Crippen LogP) is 16.3. The molecule has 0 aliphatic heterocycles. The van der Waals surface area contributed by atoms with Gasteiger partial charge in [-0.25, -0.2) is 0 Å². The minimum Gasteiger partial charge on any atom is -0.462 e. The third kappa shape index (κ3) is 71.7. The Balaban J connectivity index is 6.59. The summed E-state index contributed by atoms with van der Waals surface area (Å²) in [6.07, 6.45) is 34.6. The molecular weight excluding hydrogens is 1570 g/mol. The SMILES string of the molecule is CCCCCCCCSC(C)C(=O)OCCOC(=O)CCNCCN(CCN(CCC(=O)OCCOC(=O)C(C)SCCCCCCCC)CCC(=O)OCCOC(=O)C(C)SCCCCCCCC)CCN(CCC(=O)OCCOC(=O)C(C)SCCCCCCCC)CCC(=O)OCCOC(=O)C(C)SCCCCCCCC. The Hall–Kier alpha value is -3.71. The molecule has 0 fully saturated rings. The van der Waals surface area contributed by atoms with E-state index in [-0.39, 0.29) is 187 Å². The van der Waals surface area contributed by atoms with Gasteiger partial charge in [0.2, 0.25) is 0 Å². The zero-order chi connectivity index (χ0) is 84.8. The monoisotopic (exact) mass is 1730 g/mol. The zero-order valence-corrected chi connectivity index (χ0v) is 77.2. The van der Waals surface area contributed by atoms with E-state index in [9.17, 15) is 47.9 Å². The van der Waals surface area contributed by atoms with Gasteiger partial charge in [-0.3, -0.25) is 52.8 Å². The number of esters is 10. The van der Waals surface area contributed by atoms with Gasteiger partial charge < -0.3 is 62.5 Å². The van der Waals surface area contributed by atoms with Crippen molar-refractivity contribution in [2.75, 3.05) is 167 Å². The van der Waals surface area contributed by atoms with Crippen molar-refractivity contribution in [2.45, 2.75) is 320 Å². The quantitative estimate of drug-likeness (QED) is 0.0336. The summed E-state index contributed by atoms with van der Waals surface area (Å²) < 4.78 is 54.9. The van der Waals surface area contributed by atoms with E-state index in [0.29, 0.717) is 39.3 Å². The van der Waals surface area contributed by atoms with Crippen LogP contribution in [0.2, 0.25) is 0 Å². The van der Waals surface area contributed by atoms with Crippen molar-refractivity contribution in [2.24, 2.45) is 0 Å². The number of nitrogens with zero attached hydrogens (tertiary/aromatic N) is 3. The molecule has 0 heterocycles. The van der Waals surface area contributed by atoms with E-state index >= 15 is 0 Å². The van der Waals surface area contributed by atoms with Crippen molar-refractivity contribution < 1.29 is 95.3 Å². The van der Waals surface area contributed by atoms with Gasteiger partial charge in [0.1, 0.15) is 66.1 Å². The van der Waals surface area contributed by atoms with Crippen molar-refractivity contribution >= 4 is 119 Å². The molecule has 0 saturated carbocycles. The molecule has 0 bridgehead atoms. The Kier molecular flexibility index (Phi) is 78.7. The molecule has 0 rings (SSSR count). The number of nitrogens with one attached hydrogen (secondary N) is 1. The molecule has 0 aromatic rings. The lowest BCUT2D eigenvalue weighted by Crippen LogP contribution is -2.44. The highest BCUT2D eigenvalue weighted by atomic mass is 32.2. The molecule has 5 unspecified atom stereocenters. The van der Waals surface area contributed by atoms with Gasteiger partial charge in [0.25, 0.3) is 0 Å². The number of carbonyl (C=O) groups excluding carboxylic acids is 10. The zero-order valence-electron chi connectivity index (χ0n) is 73.1. The molecule has 0 aromatic heterocycles. The van der Waals surface area contributed by atoms with Gasteiger partial charge in [-0.1, -0.05) is 195 Å². The van der Waals surface area contributed by atoms with Gasteiger partial charge in [-0.2, -0.15) is 0 Å². The van der Waals surface area contributed by atoms with Crippen LogP contribution in [0.4, 0.5) is 0 Å². The molecule has 0 spiro atoms. The third-order valence-electron chi connectivity index (χ3n) is 19.0. The molecule has 0 amide bonds. The van der Waals surface area contributed by atoms with Crippen LogP contribution >= 0.6 is 58.8 Å². The second-order valence-corrected chi connectivity index (χ2v) is 36.6. The summed E-state index contributed by atoms with van der Waals surface area (Å²) in [7, 11) is 0. The Morgan fingerprint density at radius 2 is 0.409 bits per heavy atom. The Bertz CT molecular complexity index is 2200. The number of ether oxygens (including phenoxy) is 10. The second kappa shape index (κ2) is 81.3. The first-order chi connectivity index (χ1) is 55.7. The van der Waals surface area contributed by atoms with Crippen LogP contribution in [0.1, 0.15) is 294 Å². The lowest BCUT2D eigenvalue weighted by Gasteiger charge is -2.30. The van der Waals surface area contributed by atoms with E-state index < -0.39 is 29.8 Å². The molecule has 1 N–H and O–H groups in total. The van der Waals surface area contributed by atoms with Gasteiger partial charge >= 0.3 is 59.7 Å². The number of hydrogen-bond acceptors (Lipinski definition) is 29. The number of thioether (sulfide) groups is 5. The Morgan fingerprint density at radius 1 is 0.226 bits per heavy atom. The van der Waals surface area contributed by atoms with E-state index in [1.807, 2.05) is 44.4 Å². The normalized spacial score (nSPS) is 12.7. The highest BCUT2D eigenvalue weighted by molar-refractivity contribution is 8.01. The van der Waals surface area contributed by atoms with Crippen LogP contribution in [0.5, 0.6) is 0 Å². The second-order valence-electron chi connectivity index (χ2n) is 29.4. The van der Waals surface area contributed by atoms with Gasteiger partial charge in [-0.05, 0) is 95.5 Å². The lowest BCUT2D eigenvalue weighted by molar-refractivity contribution is -0.152. The van der Waals surface area contributed by atoms with Crippen LogP contribution in [0, 0.1) is 0 Å². The summed E-state index contributed by atoms with van der Waals surface area (Å²) in [5, 5.41) is 1.56. The van der Waals surface area contributed by atoms with Crippen molar-refractivity contribution in [1.82, 2.24) is 20.0 Å². The van der Waals surface area contributed by atoms with Crippen LogP contribution in [-0.4, -0.2) is 267 Å². The fourth-order valence-electron chi connectivity index (χ4n) is 11.6. The van der Waals surface area contributed by atoms with Gasteiger partial charge in [0.05, 0.1) is 58.4 Å². The molecule has 24 nitrogen and oxygen atoms in total. The summed E-state index contributed by atoms with van der Waals surface area (Å²) in [6, 6.07) is 0. The Morgan fingerprint density at radius 3 is 0.626 bits per heavy atom. The molecule has 672 valence electrons. The predicted molar refractivity (Wildman–Crippen MR) is 471 cm³/mol. The smallest absolute Gasteiger partial charge is 0.318 e. The van der Waals surface area contributed by atoms with Crippen LogP contribution in [-0.2, 0) is 95.3 Å². The summed E-state index contributed by atoms with van der Waals surface area (Å²) in [6.45, 7) is 22.3. The summed E-state index contributed by atoms with van der Waals surface area (Å²) >= 11 is 7.77. The van der Waals surface area contributed by atoms with E-state index in [1.165, 1.54) is 128 Å². The fourth-order valence-corrected chi connectivity index (χ4v) is 16.3. The van der Waals surface area contributed by atoms with E-state index in [0.717, 1.165) is 93.0 Å². The summed E-state index contributed by atoms with van der Waals surface area (Å²) in [5.41, 5.74) is 0. The van der Waals surface area contributed by atoms with Crippen molar-refractivity contribution in [1.29, 1.82) is 0 Å². The van der Waals surface area contributed by atoms with Crippen molar-refractivity contribution in [3.63, 3.8) is 0 Å². The van der Waals surface area contributed by atoms with E-state index in [2.05, 4.69) is 44.8 Å². The third-order valence-corrected chi connectivity index (χ3v) is 25.1. The van der Waals surface area contributed by atoms with Gasteiger partial charge in [0, 0.05) is 72.0 Å². The first-order valence-electron chi connectivity index (χ1n) is 44.3. The minimum absolute atomic E-state index is 0.0398. The highest BCUT2D eigenvalue weighted by Gasteiger charge is 2.23. The molecule has 0 aromatic carbocycles. The number of hydrogen-bond donors (Lipinski definition) is 1. The maximum Gasteiger partial charge on any atom is 0.318 e. The standard InChI is InChI=1S/C86H158N4O20S5/c1-11-16-21-26-31-36-67-111-72(6)82(96)106-62-57-101-77(91)41-46-87-47-52-90(55-53-88(48-42-78(92)102-58-63-107-83(97)73(7)112-68-37-32-27-22-17-12-2)49-43-79(93)103-59-64-108-84(98)74(8)113-69-38-33-28-23-18-13-3)56-54-89(50-44-80(94)104-60-65-109-85(99)75(9)114-70-39-34-29-24-19-14-4)51-45-81(95)105-61-66-110-86(100)76(10)115-71-40-35-30-25-20-15-5/h72-76,87H,11-71H2,1-10H3. The van der Waals surface area contributed by atoms with Crippen LogP contribution in [0.25, 0.3) is 0 Å². The van der Waals surface area contributed by atoms with Crippen molar-refractivity contribution in [3.8, 4) is 0 Å². The van der Waals surface area contributed by atoms with Crippen molar-refractivity contribution in [3.05, 3.63) is 0 Å². The van der Waals surface area contributed by atoms with Crippen LogP contribution in [0.3, 0.4) is 0 Å². The topological polar surface area (TPSA) is 285 Å². The number of rotatable bonds is 84. The highest BCUT2D eigenvalue weighted by Crippen LogP contribution is 2.22. The first-order valence-corrected chi connectivity index (χ1v) is 49.5. The number of carbonyl (C=O) groups is 10. The largest absolute Gasteiger partial charge is 0.462 e. The molecule has 29 heteroatoms. The van der Waals surface area contributed by atoms with Crippen LogP contribution < -0.4 is 5.32 Å². The molecule has 115 heavy (non-hydrogen) atoms. The minimum atomic E-state index is -0.529. The van der Waals surface area contributed by atoms with E-state index in [4.69, 9.17) is 47.4 Å².